The highest BCUT2D eigenvalue weighted by molar-refractivity contribution is 7.95. The Kier molecular flexibility index (Phi) is 9.32. The van der Waals surface area contributed by atoms with Crippen LogP contribution in [0.5, 0.6) is 0 Å². The molecule has 0 bridgehead atoms. The van der Waals surface area contributed by atoms with Crippen LogP contribution in [0.3, 0.4) is 0 Å². The largest absolute Gasteiger partial charge is 0.549 e. The predicted molar refractivity (Wildman–Crippen MR) is 112 cm³/mol. The lowest BCUT2D eigenvalue weighted by Crippen LogP contribution is -2.39. The zero-order chi connectivity index (χ0) is 20.4. The Morgan fingerprint density at radius 2 is 1.86 bits per heavy atom. The third-order valence-corrected chi connectivity index (χ3v) is 6.50. The summed E-state index contributed by atoms with van der Waals surface area (Å²) in [5.74, 6) is -0.683. The summed E-state index contributed by atoms with van der Waals surface area (Å²) >= 11 is 0.851. The molecule has 0 unspecified atom stereocenters. The molecule has 0 heterocycles. The van der Waals surface area contributed by atoms with Crippen LogP contribution in [0.4, 0.5) is 5.69 Å². The van der Waals surface area contributed by atoms with Gasteiger partial charge in [-0.1, -0.05) is 64.2 Å². The number of amides is 1. The zero-order valence-corrected chi connectivity index (χ0v) is 17.8. The first-order chi connectivity index (χ1) is 13.5. The molecule has 0 saturated heterocycles. The van der Waals surface area contributed by atoms with E-state index in [-0.39, 0.29) is 23.7 Å². The Balaban J connectivity index is 2.09. The van der Waals surface area contributed by atoms with Gasteiger partial charge >= 0.3 is 0 Å². The first-order valence-corrected chi connectivity index (χ1v) is 11.3. The second-order valence-electron chi connectivity index (χ2n) is 7.74. The molecule has 0 radical (unpaired) electrons. The standard InChI is InChI=1S/C22H33NO4S/c1-3-17(4-2)14-22(12-8-5-9-13-22)21(26)23-19-11-7-6-10-18(19)15-27-28-16-20(24)25/h6-7,10-11,17H,3-5,8-9,12-16H2,1-2H3,(H,23,26)(H,24,25)/p-1. The van der Waals surface area contributed by atoms with Crippen LogP contribution in [-0.4, -0.2) is 17.6 Å². The fourth-order valence-electron chi connectivity index (χ4n) is 4.10. The molecule has 1 aromatic rings. The number of carboxylic acids is 1. The molecule has 28 heavy (non-hydrogen) atoms. The number of aliphatic carboxylic acids is 1. The Hall–Kier alpha value is -1.53. The van der Waals surface area contributed by atoms with Crippen LogP contribution < -0.4 is 10.4 Å². The summed E-state index contributed by atoms with van der Waals surface area (Å²) in [4.78, 5) is 23.9. The van der Waals surface area contributed by atoms with Crippen molar-refractivity contribution in [2.24, 2.45) is 11.3 Å². The lowest BCUT2D eigenvalue weighted by molar-refractivity contribution is -0.301. The lowest BCUT2D eigenvalue weighted by atomic mass is 9.67. The summed E-state index contributed by atoms with van der Waals surface area (Å²) < 4.78 is 5.37. The smallest absolute Gasteiger partial charge is 0.230 e. The average Bonchev–Trinajstić information content (AvgIpc) is 2.71. The maximum absolute atomic E-state index is 13.4. The molecule has 2 rings (SSSR count). The van der Waals surface area contributed by atoms with E-state index < -0.39 is 5.97 Å². The van der Waals surface area contributed by atoms with E-state index in [0.717, 1.165) is 68.2 Å². The highest BCUT2D eigenvalue weighted by Crippen LogP contribution is 2.43. The maximum atomic E-state index is 13.4. The minimum atomic E-state index is -1.16. The van der Waals surface area contributed by atoms with Crippen molar-refractivity contribution >= 4 is 29.6 Å². The summed E-state index contributed by atoms with van der Waals surface area (Å²) in [6.45, 7) is 4.65. The third-order valence-electron chi connectivity index (χ3n) is 5.87. The number of anilines is 1. The SMILES string of the molecule is CCC(CC)CC1(C(=O)Nc2ccccc2COSCC(=O)[O-])CCCCC1. The van der Waals surface area contributed by atoms with Crippen LogP contribution in [0.2, 0.25) is 0 Å². The van der Waals surface area contributed by atoms with Gasteiger partial charge in [0, 0.05) is 16.7 Å². The highest BCUT2D eigenvalue weighted by Gasteiger charge is 2.40. The van der Waals surface area contributed by atoms with Crippen LogP contribution in [-0.2, 0) is 20.4 Å². The number of carbonyl (C=O) groups excluding carboxylic acids is 2. The summed E-state index contributed by atoms with van der Waals surface area (Å²) in [6.07, 6.45) is 8.49. The number of benzene rings is 1. The van der Waals surface area contributed by atoms with Gasteiger partial charge in [0.1, 0.15) is 0 Å². The molecular formula is C22H32NO4S-. The van der Waals surface area contributed by atoms with Crippen molar-refractivity contribution in [2.75, 3.05) is 11.1 Å². The van der Waals surface area contributed by atoms with E-state index in [2.05, 4.69) is 19.2 Å². The van der Waals surface area contributed by atoms with E-state index in [9.17, 15) is 14.7 Å². The number of carbonyl (C=O) groups is 2. The van der Waals surface area contributed by atoms with E-state index in [4.69, 9.17) is 4.18 Å². The van der Waals surface area contributed by atoms with Gasteiger partial charge in [0.25, 0.3) is 0 Å². The van der Waals surface area contributed by atoms with Crippen LogP contribution >= 0.6 is 12.0 Å². The quantitative estimate of drug-likeness (QED) is 0.437. The second kappa shape index (κ2) is 11.5. The van der Waals surface area contributed by atoms with Crippen LogP contribution in [0.15, 0.2) is 24.3 Å². The number of para-hydroxylation sites is 1. The van der Waals surface area contributed by atoms with Gasteiger partial charge < -0.3 is 19.4 Å². The Labute approximate surface area is 172 Å². The number of hydrogen-bond acceptors (Lipinski definition) is 5. The molecule has 6 heteroatoms. The molecule has 0 spiro atoms. The fourth-order valence-corrected chi connectivity index (χ4v) is 4.49. The molecule has 0 aliphatic heterocycles. The molecule has 1 aliphatic rings. The molecule has 0 aromatic heterocycles. The van der Waals surface area contributed by atoms with Crippen molar-refractivity contribution in [3.8, 4) is 0 Å². The van der Waals surface area contributed by atoms with Crippen LogP contribution in [0.1, 0.15) is 70.8 Å². The van der Waals surface area contributed by atoms with Gasteiger partial charge in [0.2, 0.25) is 5.91 Å². The average molecular weight is 407 g/mol. The predicted octanol–water partition coefficient (Wildman–Crippen LogP) is 4.32. The topological polar surface area (TPSA) is 78.5 Å². The van der Waals surface area contributed by atoms with Crippen molar-refractivity contribution in [2.45, 2.75) is 71.8 Å². The Morgan fingerprint density at radius 3 is 2.50 bits per heavy atom. The fraction of sp³-hybridized carbons (Fsp3) is 0.636. The van der Waals surface area contributed by atoms with E-state index in [1.165, 1.54) is 6.42 Å². The van der Waals surface area contributed by atoms with E-state index in [1.54, 1.807) is 0 Å². The minimum absolute atomic E-state index is 0.119. The maximum Gasteiger partial charge on any atom is 0.230 e. The van der Waals surface area contributed by atoms with Gasteiger partial charge in [-0.2, -0.15) is 0 Å². The zero-order valence-electron chi connectivity index (χ0n) is 17.0. The van der Waals surface area contributed by atoms with Crippen LogP contribution in [0, 0.1) is 11.3 Å². The van der Waals surface area contributed by atoms with E-state index >= 15 is 0 Å². The minimum Gasteiger partial charge on any atom is -0.549 e. The van der Waals surface area contributed by atoms with Crippen LogP contribution in [0.25, 0.3) is 0 Å². The summed E-state index contributed by atoms with van der Waals surface area (Å²) in [7, 11) is 0. The van der Waals surface area contributed by atoms with Gasteiger partial charge in [-0.15, -0.1) is 0 Å². The van der Waals surface area contributed by atoms with Crippen molar-refractivity contribution in [1.29, 1.82) is 0 Å². The van der Waals surface area contributed by atoms with Gasteiger partial charge in [-0.05, 0) is 43.3 Å². The third kappa shape index (κ3) is 6.52. The van der Waals surface area contributed by atoms with Gasteiger partial charge in [0.05, 0.1) is 18.3 Å². The second-order valence-corrected chi connectivity index (χ2v) is 8.50. The molecular weight excluding hydrogens is 374 g/mol. The van der Waals surface area contributed by atoms with Gasteiger partial charge in [0.15, 0.2) is 0 Å². The van der Waals surface area contributed by atoms with Gasteiger partial charge in [-0.25, -0.2) is 0 Å². The molecule has 1 aliphatic carbocycles. The number of nitrogens with one attached hydrogen (secondary N) is 1. The summed E-state index contributed by atoms with van der Waals surface area (Å²) in [6, 6.07) is 7.55. The normalized spacial score (nSPS) is 16.1. The Bertz CT molecular complexity index is 639. The highest BCUT2D eigenvalue weighted by atomic mass is 32.2. The molecule has 5 nitrogen and oxygen atoms in total. The molecule has 0 atom stereocenters. The first kappa shape index (κ1) is 22.8. The number of carboxylic acid groups (broad SMARTS) is 1. The van der Waals surface area contributed by atoms with E-state index in [0.29, 0.717) is 5.92 Å². The molecule has 1 aromatic carbocycles. The molecule has 1 N–H and O–H groups in total. The van der Waals surface area contributed by atoms with Crippen molar-refractivity contribution in [3.05, 3.63) is 29.8 Å². The first-order valence-electron chi connectivity index (χ1n) is 10.3. The Morgan fingerprint density at radius 1 is 1.18 bits per heavy atom. The van der Waals surface area contributed by atoms with Gasteiger partial charge in [-0.3, -0.25) is 4.79 Å². The van der Waals surface area contributed by atoms with Crippen molar-refractivity contribution in [3.63, 3.8) is 0 Å². The summed E-state index contributed by atoms with van der Waals surface area (Å²) in [5.41, 5.74) is 1.30. The number of rotatable bonds is 11. The molecule has 156 valence electrons. The van der Waals surface area contributed by atoms with E-state index in [1.807, 2.05) is 24.3 Å². The molecule has 1 saturated carbocycles. The number of hydrogen-bond donors (Lipinski definition) is 1. The summed E-state index contributed by atoms with van der Waals surface area (Å²) in [5, 5.41) is 13.7. The molecule has 1 amide bonds. The lowest BCUT2D eigenvalue weighted by Gasteiger charge is -2.38. The van der Waals surface area contributed by atoms with Crippen molar-refractivity contribution < 1.29 is 18.9 Å². The van der Waals surface area contributed by atoms with Crippen molar-refractivity contribution in [1.82, 2.24) is 0 Å². The monoisotopic (exact) mass is 406 g/mol. The molecule has 1 fully saturated rings.